The largest absolute Gasteiger partial charge is 0.490 e. The van der Waals surface area contributed by atoms with E-state index in [-0.39, 0.29) is 47.4 Å². The molecule has 1 saturated heterocycles. The standard InChI is InChI=1S/C28H39FN2O5/c1-28(2,3)36-27(34)31-12-10-18(11-13-31)17-35-25-9-8-21(14-23(25)29)19-4-6-20(7-5-19)26(33)30-16-22-15-24(22)32/h4,8-9,14,18,20,22,24,32H,5-7,10-13,15-17H2,1-3H3,(H,30,33)/t20?,22?,24-/m1/s1. The third kappa shape index (κ3) is 7.21. The molecule has 4 rings (SSSR count). The minimum Gasteiger partial charge on any atom is -0.490 e. The van der Waals surface area contributed by atoms with Crippen molar-refractivity contribution in [2.24, 2.45) is 17.8 Å². The Morgan fingerprint density at radius 1 is 1.19 bits per heavy atom. The minimum atomic E-state index is -0.508. The fourth-order valence-electron chi connectivity index (χ4n) is 4.80. The zero-order valence-corrected chi connectivity index (χ0v) is 21.6. The van der Waals surface area contributed by atoms with Gasteiger partial charge in [-0.3, -0.25) is 4.79 Å². The maximum Gasteiger partial charge on any atom is 0.410 e. The summed E-state index contributed by atoms with van der Waals surface area (Å²) in [5.41, 5.74) is 1.37. The van der Waals surface area contributed by atoms with Crippen LogP contribution in [0.1, 0.15) is 64.9 Å². The summed E-state index contributed by atoms with van der Waals surface area (Å²) in [6.45, 7) is 7.75. The molecule has 7 nitrogen and oxygen atoms in total. The quantitative estimate of drug-likeness (QED) is 0.572. The molecule has 2 aliphatic carbocycles. The summed E-state index contributed by atoms with van der Waals surface area (Å²) >= 11 is 0. The first-order valence-electron chi connectivity index (χ1n) is 13.1. The van der Waals surface area contributed by atoms with E-state index in [0.29, 0.717) is 32.7 Å². The van der Waals surface area contributed by atoms with Gasteiger partial charge in [-0.1, -0.05) is 12.1 Å². The highest BCUT2D eigenvalue weighted by Gasteiger charge is 2.35. The number of piperidine rings is 1. The minimum absolute atomic E-state index is 0.0382. The van der Waals surface area contributed by atoms with Gasteiger partial charge in [-0.15, -0.1) is 0 Å². The van der Waals surface area contributed by atoms with Crippen molar-refractivity contribution in [2.45, 2.75) is 71.0 Å². The molecule has 2 amide bonds. The summed E-state index contributed by atoms with van der Waals surface area (Å²) in [6.07, 6.45) is 5.93. The Balaban J connectivity index is 1.22. The van der Waals surface area contributed by atoms with Crippen molar-refractivity contribution in [1.82, 2.24) is 10.2 Å². The van der Waals surface area contributed by atoms with Crippen molar-refractivity contribution < 1.29 is 28.6 Å². The van der Waals surface area contributed by atoms with Gasteiger partial charge in [0.05, 0.1) is 12.7 Å². The van der Waals surface area contributed by atoms with Crippen molar-refractivity contribution in [3.8, 4) is 5.75 Å². The number of benzene rings is 1. The molecule has 3 atom stereocenters. The van der Waals surface area contributed by atoms with Crippen molar-refractivity contribution in [1.29, 1.82) is 0 Å². The molecule has 1 aromatic rings. The van der Waals surface area contributed by atoms with Crippen LogP contribution in [0.15, 0.2) is 24.3 Å². The zero-order chi connectivity index (χ0) is 25.9. The number of hydrogen-bond acceptors (Lipinski definition) is 5. The molecule has 1 heterocycles. The van der Waals surface area contributed by atoms with E-state index in [1.807, 2.05) is 32.9 Å². The maximum atomic E-state index is 14.8. The van der Waals surface area contributed by atoms with E-state index < -0.39 is 5.60 Å². The van der Waals surface area contributed by atoms with E-state index >= 15 is 0 Å². The van der Waals surface area contributed by atoms with E-state index in [4.69, 9.17) is 9.47 Å². The van der Waals surface area contributed by atoms with Crippen molar-refractivity contribution in [3.63, 3.8) is 0 Å². The molecular formula is C28H39FN2O5. The van der Waals surface area contributed by atoms with Crippen LogP contribution in [0.4, 0.5) is 9.18 Å². The fraction of sp³-hybridized carbons (Fsp3) is 0.643. The molecule has 36 heavy (non-hydrogen) atoms. The topological polar surface area (TPSA) is 88.1 Å². The van der Waals surface area contributed by atoms with Gasteiger partial charge in [0.1, 0.15) is 5.60 Å². The smallest absolute Gasteiger partial charge is 0.410 e. The average Bonchev–Trinajstić information content (AvgIpc) is 3.56. The molecule has 0 radical (unpaired) electrons. The monoisotopic (exact) mass is 502 g/mol. The first kappa shape index (κ1) is 26.5. The number of rotatable bonds is 7. The second-order valence-corrected chi connectivity index (χ2v) is 11.4. The van der Waals surface area contributed by atoms with Crippen LogP contribution < -0.4 is 10.1 Å². The molecule has 0 aromatic heterocycles. The van der Waals surface area contributed by atoms with Crippen LogP contribution in [0.2, 0.25) is 0 Å². The number of allylic oxidation sites excluding steroid dienone is 2. The molecule has 2 N–H and O–H groups in total. The van der Waals surface area contributed by atoms with Crippen LogP contribution in [0.3, 0.4) is 0 Å². The van der Waals surface area contributed by atoms with Gasteiger partial charge in [0.2, 0.25) is 5.91 Å². The lowest BCUT2D eigenvalue weighted by atomic mass is 9.86. The Bertz CT molecular complexity index is 981. The molecule has 1 saturated carbocycles. The Kier molecular flexibility index (Phi) is 8.23. The number of aliphatic hydroxyl groups excluding tert-OH is 1. The Labute approximate surface area is 213 Å². The Morgan fingerprint density at radius 3 is 2.50 bits per heavy atom. The zero-order valence-electron chi connectivity index (χ0n) is 21.6. The maximum absolute atomic E-state index is 14.8. The highest BCUT2D eigenvalue weighted by Crippen LogP contribution is 2.33. The molecule has 1 aliphatic heterocycles. The van der Waals surface area contributed by atoms with Crippen molar-refractivity contribution in [2.75, 3.05) is 26.2 Å². The molecule has 0 spiro atoms. The molecular weight excluding hydrogens is 463 g/mol. The van der Waals surface area contributed by atoms with E-state index in [0.717, 1.165) is 43.2 Å². The Morgan fingerprint density at radius 2 is 1.92 bits per heavy atom. The third-order valence-electron chi connectivity index (χ3n) is 7.25. The number of nitrogens with one attached hydrogen (secondary N) is 1. The molecule has 2 fully saturated rings. The van der Waals surface area contributed by atoms with Crippen LogP contribution in [-0.2, 0) is 9.53 Å². The first-order valence-corrected chi connectivity index (χ1v) is 13.1. The van der Waals surface area contributed by atoms with Gasteiger partial charge in [0, 0.05) is 31.5 Å². The number of amides is 2. The third-order valence-corrected chi connectivity index (χ3v) is 7.25. The fourth-order valence-corrected chi connectivity index (χ4v) is 4.80. The van der Waals surface area contributed by atoms with Crippen LogP contribution in [-0.4, -0.2) is 60.0 Å². The predicted octanol–water partition coefficient (Wildman–Crippen LogP) is 4.53. The number of nitrogens with zero attached hydrogens (tertiary/aromatic N) is 1. The van der Waals surface area contributed by atoms with E-state index in [9.17, 15) is 19.1 Å². The number of aliphatic hydroxyl groups is 1. The van der Waals surface area contributed by atoms with Gasteiger partial charge in [-0.25, -0.2) is 9.18 Å². The lowest BCUT2D eigenvalue weighted by Gasteiger charge is -2.33. The number of ether oxygens (including phenoxy) is 2. The lowest BCUT2D eigenvalue weighted by molar-refractivity contribution is -0.125. The number of hydrogen-bond donors (Lipinski definition) is 2. The summed E-state index contributed by atoms with van der Waals surface area (Å²) < 4.78 is 26.0. The van der Waals surface area contributed by atoms with Gasteiger partial charge in [-0.2, -0.15) is 0 Å². The van der Waals surface area contributed by atoms with Gasteiger partial charge in [-0.05, 0) is 88.5 Å². The highest BCUT2D eigenvalue weighted by atomic mass is 19.1. The number of likely N-dealkylation sites (tertiary alicyclic amines) is 1. The second kappa shape index (κ2) is 11.2. The summed E-state index contributed by atoms with van der Waals surface area (Å²) in [4.78, 5) is 26.3. The first-order chi connectivity index (χ1) is 17.1. The molecule has 2 unspecified atom stereocenters. The normalized spacial score (nSPS) is 24.6. The van der Waals surface area contributed by atoms with Crippen LogP contribution in [0, 0.1) is 23.6 Å². The van der Waals surface area contributed by atoms with Gasteiger partial charge < -0.3 is 24.8 Å². The number of carbonyl (C=O) groups excluding carboxylic acids is 2. The van der Waals surface area contributed by atoms with Crippen molar-refractivity contribution in [3.05, 3.63) is 35.7 Å². The molecule has 3 aliphatic rings. The molecule has 1 aromatic carbocycles. The summed E-state index contributed by atoms with van der Waals surface area (Å²) in [6, 6.07) is 5.08. The molecule has 0 bridgehead atoms. The average molecular weight is 503 g/mol. The van der Waals surface area contributed by atoms with Gasteiger partial charge in [0.25, 0.3) is 0 Å². The van der Waals surface area contributed by atoms with Gasteiger partial charge in [0.15, 0.2) is 11.6 Å². The summed E-state index contributed by atoms with van der Waals surface area (Å²) in [5, 5.41) is 12.3. The predicted molar refractivity (Wildman–Crippen MR) is 135 cm³/mol. The van der Waals surface area contributed by atoms with Crippen LogP contribution in [0.5, 0.6) is 5.75 Å². The van der Waals surface area contributed by atoms with E-state index in [1.54, 1.807) is 11.0 Å². The van der Waals surface area contributed by atoms with Gasteiger partial charge >= 0.3 is 6.09 Å². The van der Waals surface area contributed by atoms with Crippen molar-refractivity contribution >= 4 is 17.6 Å². The molecule has 8 heteroatoms. The van der Waals surface area contributed by atoms with E-state index in [1.165, 1.54) is 6.07 Å². The number of halogens is 1. The summed E-state index contributed by atoms with van der Waals surface area (Å²) in [5.74, 6) is 0.286. The second-order valence-electron chi connectivity index (χ2n) is 11.4. The van der Waals surface area contributed by atoms with E-state index in [2.05, 4.69) is 5.32 Å². The van der Waals surface area contributed by atoms with Crippen LogP contribution in [0.25, 0.3) is 5.57 Å². The lowest BCUT2D eigenvalue weighted by Crippen LogP contribution is -2.42. The Hall–Kier alpha value is -2.61. The molecule has 198 valence electrons. The summed E-state index contributed by atoms with van der Waals surface area (Å²) in [7, 11) is 0. The highest BCUT2D eigenvalue weighted by molar-refractivity contribution is 5.80. The number of carbonyl (C=O) groups is 2. The SMILES string of the molecule is CC(C)(C)OC(=O)N1CCC(COc2ccc(C3=CCC(C(=O)NCC4C[C@H]4O)CC3)cc2F)CC1. The van der Waals surface area contributed by atoms with Crippen LogP contribution >= 0.6 is 0 Å².